The smallest absolute Gasteiger partial charge is 0.274 e. The molecule has 1 amide bonds. The van der Waals surface area contributed by atoms with Gasteiger partial charge in [0, 0.05) is 41.9 Å². The van der Waals surface area contributed by atoms with Crippen LogP contribution in [0.3, 0.4) is 0 Å². The van der Waals surface area contributed by atoms with Gasteiger partial charge >= 0.3 is 0 Å². The van der Waals surface area contributed by atoms with Gasteiger partial charge < -0.3 is 9.72 Å². The van der Waals surface area contributed by atoms with E-state index in [1.807, 2.05) is 28.9 Å². The van der Waals surface area contributed by atoms with Crippen LogP contribution in [0, 0.1) is 5.82 Å². The molecule has 4 rings (SSSR count). The van der Waals surface area contributed by atoms with E-state index in [0.29, 0.717) is 12.1 Å². The summed E-state index contributed by atoms with van der Waals surface area (Å²) in [4.78, 5) is 15.8. The minimum atomic E-state index is -0.562. The molecule has 0 unspecified atom stereocenters. The number of carbonyl (C=O) groups is 1. The number of nitrogens with zero attached hydrogens (tertiary/aromatic N) is 2. The number of aromatic nitrogens is 2. The summed E-state index contributed by atoms with van der Waals surface area (Å²) in [6.45, 7) is 0.495. The highest BCUT2D eigenvalue weighted by Gasteiger charge is 2.09. The van der Waals surface area contributed by atoms with Gasteiger partial charge in [0.1, 0.15) is 11.5 Å². The van der Waals surface area contributed by atoms with Crippen LogP contribution in [0.4, 0.5) is 10.1 Å². The number of pyridine rings is 1. The molecule has 0 spiro atoms. The van der Waals surface area contributed by atoms with Crippen LogP contribution in [0.2, 0.25) is 0 Å². The van der Waals surface area contributed by atoms with Crippen LogP contribution in [0.5, 0.6) is 0 Å². The zero-order valence-electron chi connectivity index (χ0n) is 14.8. The molecule has 3 N–H and O–H groups in total. The number of anilines is 1. The predicted octanol–water partition coefficient (Wildman–Crippen LogP) is 3.87. The van der Waals surface area contributed by atoms with E-state index in [2.05, 4.69) is 10.3 Å². The molecule has 28 heavy (non-hydrogen) atoms. The lowest BCUT2D eigenvalue weighted by Crippen LogP contribution is -2.18. The van der Waals surface area contributed by atoms with Crippen molar-refractivity contribution in [2.45, 2.75) is 6.54 Å². The quantitative estimate of drug-likeness (QED) is 0.365. The van der Waals surface area contributed by atoms with Crippen LogP contribution >= 0.6 is 0 Å². The molecular formula is C21H17FN4O2. The average Bonchev–Trinajstić information content (AvgIpc) is 3.20. The monoisotopic (exact) mass is 376 g/mol. The van der Waals surface area contributed by atoms with Crippen LogP contribution in [-0.4, -0.2) is 20.5 Å². The first kappa shape index (κ1) is 17.7. The highest BCUT2D eigenvalue weighted by molar-refractivity contribution is 5.93. The fourth-order valence-corrected chi connectivity index (χ4v) is 3.06. The summed E-state index contributed by atoms with van der Waals surface area (Å²) < 4.78 is 15.5. The first-order chi connectivity index (χ1) is 13.6. The molecule has 0 saturated heterocycles. The zero-order valence-corrected chi connectivity index (χ0v) is 14.8. The van der Waals surface area contributed by atoms with E-state index in [4.69, 9.17) is 5.21 Å². The molecule has 2 aromatic carbocycles. The number of benzene rings is 2. The van der Waals surface area contributed by atoms with Crippen molar-refractivity contribution in [2.24, 2.45) is 0 Å². The van der Waals surface area contributed by atoms with Gasteiger partial charge in [-0.2, -0.15) is 0 Å². The lowest BCUT2D eigenvalue weighted by Gasteiger charge is -2.11. The SMILES string of the molecule is O=C(NO)c1ccc(NCc2cc(-c3cccc(F)c3)cn3ccnc23)cc1. The van der Waals surface area contributed by atoms with Crippen LogP contribution in [0.15, 0.2) is 73.2 Å². The molecule has 0 aliphatic rings. The summed E-state index contributed by atoms with van der Waals surface area (Å²) in [6, 6.07) is 15.2. The van der Waals surface area contributed by atoms with Crippen molar-refractivity contribution in [3.8, 4) is 11.1 Å². The molecule has 2 heterocycles. The maximum Gasteiger partial charge on any atom is 0.274 e. The Morgan fingerprint density at radius 2 is 1.93 bits per heavy atom. The average molecular weight is 376 g/mol. The number of carbonyl (C=O) groups excluding carboxylic acids is 1. The number of hydroxylamine groups is 1. The Hall–Kier alpha value is -3.71. The number of nitrogens with one attached hydrogen (secondary N) is 2. The number of hydrogen-bond acceptors (Lipinski definition) is 4. The maximum absolute atomic E-state index is 13.6. The molecule has 2 aromatic heterocycles. The number of amides is 1. The van der Waals surface area contributed by atoms with Crippen LogP contribution in [0.1, 0.15) is 15.9 Å². The van der Waals surface area contributed by atoms with Crippen molar-refractivity contribution in [1.82, 2.24) is 14.9 Å². The van der Waals surface area contributed by atoms with Crippen LogP contribution in [0.25, 0.3) is 16.8 Å². The summed E-state index contributed by atoms with van der Waals surface area (Å²) in [7, 11) is 0. The van der Waals surface area contributed by atoms with E-state index < -0.39 is 5.91 Å². The minimum Gasteiger partial charge on any atom is -0.381 e. The Morgan fingerprint density at radius 1 is 1.11 bits per heavy atom. The van der Waals surface area contributed by atoms with Crippen molar-refractivity contribution in [3.05, 3.63) is 90.1 Å². The fraction of sp³-hybridized carbons (Fsp3) is 0.0476. The van der Waals surface area contributed by atoms with Crippen molar-refractivity contribution < 1.29 is 14.4 Å². The molecule has 0 aliphatic carbocycles. The summed E-state index contributed by atoms with van der Waals surface area (Å²) >= 11 is 0. The summed E-state index contributed by atoms with van der Waals surface area (Å²) in [5.74, 6) is -0.844. The third kappa shape index (κ3) is 3.56. The summed E-state index contributed by atoms with van der Waals surface area (Å²) in [5.41, 5.74) is 6.21. The predicted molar refractivity (Wildman–Crippen MR) is 104 cm³/mol. The highest BCUT2D eigenvalue weighted by Crippen LogP contribution is 2.24. The second-order valence-corrected chi connectivity index (χ2v) is 6.29. The third-order valence-corrected chi connectivity index (χ3v) is 4.45. The van der Waals surface area contributed by atoms with Gasteiger partial charge in [-0.3, -0.25) is 10.0 Å². The van der Waals surface area contributed by atoms with Gasteiger partial charge in [-0.1, -0.05) is 12.1 Å². The third-order valence-electron chi connectivity index (χ3n) is 4.45. The van der Waals surface area contributed by atoms with Crippen molar-refractivity contribution in [2.75, 3.05) is 5.32 Å². The second kappa shape index (κ2) is 7.50. The standard InChI is InChI=1S/C21H17FN4O2/c22-18-3-1-2-15(11-18)17-10-16(20-23-8-9-26(20)13-17)12-24-19-6-4-14(5-7-19)21(27)25-28/h1-11,13,24,28H,12H2,(H,25,27). The van der Waals surface area contributed by atoms with Gasteiger partial charge in [0.05, 0.1) is 0 Å². The number of rotatable bonds is 5. The summed E-state index contributed by atoms with van der Waals surface area (Å²) in [6.07, 6.45) is 5.49. The Balaban J connectivity index is 1.61. The Kier molecular flexibility index (Phi) is 4.74. The number of imidazole rings is 1. The Morgan fingerprint density at radius 3 is 2.68 bits per heavy atom. The normalized spacial score (nSPS) is 10.8. The molecule has 7 heteroatoms. The number of halogens is 1. The minimum absolute atomic E-state index is 0.282. The number of fused-ring (bicyclic) bond motifs is 1. The van der Waals surface area contributed by atoms with Crippen LogP contribution < -0.4 is 10.8 Å². The maximum atomic E-state index is 13.6. The van der Waals surface area contributed by atoms with Gasteiger partial charge in [0.15, 0.2) is 0 Å². The molecule has 140 valence electrons. The Bertz CT molecular complexity index is 1140. The van der Waals surface area contributed by atoms with Crippen molar-refractivity contribution in [3.63, 3.8) is 0 Å². The largest absolute Gasteiger partial charge is 0.381 e. The van der Waals surface area contributed by atoms with E-state index in [1.165, 1.54) is 12.1 Å². The lowest BCUT2D eigenvalue weighted by molar-refractivity contribution is 0.0706. The lowest BCUT2D eigenvalue weighted by atomic mass is 10.1. The molecule has 6 nitrogen and oxygen atoms in total. The first-order valence-corrected chi connectivity index (χ1v) is 8.64. The molecule has 4 aromatic rings. The van der Waals surface area contributed by atoms with Crippen molar-refractivity contribution >= 4 is 17.2 Å². The van der Waals surface area contributed by atoms with E-state index in [1.54, 1.807) is 42.0 Å². The molecule has 0 bridgehead atoms. The van der Waals surface area contributed by atoms with Gasteiger partial charge in [0.25, 0.3) is 5.91 Å². The molecule has 0 radical (unpaired) electrons. The van der Waals surface area contributed by atoms with Gasteiger partial charge in [-0.25, -0.2) is 14.9 Å². The second-order valence-electron chi connectivity index (χ2n) is 6.29. The van der Waals surface area contributed by atoms with Gasteiger partial charge in [-0.05, 0) is 53.6 Å². The molecule has 0 atom stereocenters. The van der Waals surface area contributed by atoms with Gasteiger partial charge in [0.2, 0.25) is 0 Å². The van der Waals surface area contributed by atoms with E-state index in [-0.39, 0.29) is 5.82 Å². The Labute approximate surface area is 160 Å². The molecule has 0 saturated carbocycles. The van der Waals surface area contributed by atoms with E-state index in [0.717, 1.165) is 28.0 Å². The highest BCUT2D eigenvalue weighted by atomic mass is 19.1. The zero-order chi connectivity index (χ0) is 19.5. The van der Waals surface area contributed by atoms with E-state index >= 15 is 0 Å². The fourth-order valence-electron chi connectivity index (χ4n) is 3.06. The molecular weight excluding hydrogens is 359 g/mol. The van der Waals surface area contributed by atoms with Gasteiger partial charge in [-0.15, -0.1) is 0 Å². The first-order valence-electron chi connectivity index (χ1n) is 8.64. The molecule has 0 fully saturated rings. The van der Waals surface area contributed by atoms with Crippen molar-refractivity contribution in [1.29, 1.82) is 0 Å². The molecule has 0 aliphatic heterocycles. The van der Waals surface area contributed by atoms with Crippen LogP contribution in [-0.2, 0) is 6.54 Å². The summed E-state index contributed by atoms with van der Waals surface area (Å²) in [5, 5.41) is 12.0. The number of hydrogen-bond donors (Lipinski definition) is 3. The topological polar surface area (TPSA) is 78.7 Å². The van der Waals surface area contributed by atoms with E-state index in [9.17, 15) is 9.18 Å².